The van der Waals surface area contributed by atoms with E-state index >= 15 is 0 Å². The van der Waals surface area contributed by atoms with Crippen LogP contribution in [0.25, 0.3) is 0 Å². The highest BCUT2D eigenvalue weighted by molar-refractivity contribution is 5.52. The normalized spacial score (nSPS) is 18.4. The van der Waals surface area contributed by atoms with Crippen molar-refractivity contribution in [1.29, 1.82) is 0 Å². The molecule has 20 heavy (non-hydrogen) atoms. The van der Waals surface area contributed by atoms with Gasteiger partial charge < -0.3 is 20.9 Å². The van der Waals surface area contributed by atoms with Crippen LogP contribution in [0.1, 0.15) is 19.8 Å². The number of hydrogen-bond donors (Lipinski definition) is 2. The van der Waals surface area contributed by atoms with Gasteiger partial charge in [0, 0.05) is 32.2 Å². The highest BCUT2D eigenvalue weighted by Gasteiger charge is 2.25. The van der Waals surface area contributed by atoms with Crippen molar-refractivity contribution in [2.45, 2.75) is 25.8 Å². The minimum atomic E-state index is 0.329. The maximum atomic E-state index is 5.76. The number of aromatic nitrogens is 2. The zero-order valence-corrected chi connectivity index (χ0v) is 12.9. The summed E-state index contributed by atoms with van der Waals surface area (Å²) in [6.45, 7) is 4.37. The Kier molecular flexibility index (Phi) is 4.65. The first-order chi connectivity index (χ1) is 9.51. The van der Waals surface area contributed by atoms with Gasteiger partial charge in [0.2, 0.25) is 5.95 Å². The van der Waals surface area contributed by atoms with E-state index in [-0.39, 0.29) is 0 Å². The lowest BCUT2D eigenvalue weighted by Crippen LogP contribution is -2.41. The number of nitrogens with zero attached hydrogens (tertiary/aromatic N) is 4. The van der Waals surface area contributed by atoms with Gasteiger partial charge in [0.1, 0.15) is 11.6 Å². The van der Waals surface area contributed by atoms with Crippen LogP contribution in [-0.4, -0.2) is 55.1 Å². The van der Waals surface area contributed by atoms with Crippen molar-refractivity contribution >= 4 is 17.6 Å². The smallest absolute Gasteiger partial charge is 0.223 e. The van der Waals surface area contributed by atoms with Crippen molar-refractivity contribution < 1.29 is 0 Å². The van der Waals surface area contributed by atoms with Crippen molar-refractivity contribution in [3.05, 3.63) is 6.07 Å². The van der Waals surface area contributed by atoms with Crippen LogP contribution in [0.2, 0.25) is 0 Å². The Morgan fingerprint density at radius 1 is 1.35 bits per heavy atom. The molecule has 1 aliphatic heterocycles. The molecule has 2 rings (SSSR count). The Hall–Kier alpha value is -1.56. The Morgan fingerprint density at radius 3 is 2.55 bits per heavy atom. The predicted octanol–water partition coefficient (Wildman–Crippen LogP) is 1.27. The first-order valence-electron chi connectivity index (χ1n) is 7.25. The fourth-order valence-corrected chi connectivity index (χ4v) is 2.78. The van der Waals surface area contributed by atoms with Gasteiger partial charge in [-0.2, -0.15) is 9.97 Å². The molecule has 1 aliphatic rings. The van der Waals surface area contributed by atoms with Gasteiger partial charge in [0.15, 0.2) is 0 Å². The van der Waals surface area contributed by atoms with E-state index in [0.717, 1.165) is 30.6 Å². The molecule has 2 heterocycles. The van der Waals surface area contributed by atoms with Gasteiger partial charge in [-0.3, -0.25) is 0 Å². The lowest BCUT2D eigenvalue weighted by Gasteiger charge is -2.37. The Morgan fingerprint density at radius 2 is 2.00 bits per heavy atom. The molecule has 112 valence electrons. The maximum absolute atomic E-state index is 5.76. The van der Waals surface area contributed by atoms with Crippen LogP contribution in [0.3, 0.4) is 0 Å². The van der Waals surface area contributed by atoms with Gasteiger partial charge >= 0.3 is 0 Å². The SMILES string of the molecule is CNc1cc(N2CCC([C@H](C)N(C)C)CC2)nc(N)n1. The van der Waals surface area contributed by atoms with E-state index in [1.807, 2.05) is 13.1 Å². The van der Waals surface area contributed by atoms with Gasteiger partial charge in [-0.25, -0.2) is 0 Å². The lowest BCUT2D eigenvalue weighted by molar-refractivity contribution is 0.199. The third kappa shape index (κ3) is 3.30. The zero-order chi connectivity index (χ0) is 14.7. The maximum Gasteiger partial charge on any atom is 0.223 e. The topological polar surface area (TPSA) is 70.3 Å². The summed E-state index contributed by atoms with van der Waals surface area (Å²) in [5, 5.41) is 3.02. The van der Waals surface area contributed by atoms with E-state index < -0.39 is 0 Å². The highest BCUT2D eigenvalue weighted by Crippen LogP contribution is 2.26. The second-order valence-electron chi connectivity index (χ2n) is 5.75. The van der Waals surface area contributed by atoms with Crippen molar-refractivity contribution in [1.82, 2.24) is 14.9 Å². The quantitative estimate of drug-likeness (QED) is 0.864. The molecule has 0 saturated carbocycles. The molecule has 0 bridgehead atoms. The van der Waals surface area contributed by atoms with E-state index in [2.05, 4.69) is 46.1 Å². The summed E-state index contributed by atoms with van der Waals surface area (Å²) in [6, 6.07) is 2.59. The van der Waals surface area contributed by atoms with Gasteiger partial charge in [-0.05, 0) is 39.8 Å². The molecule has 0 amide bonds. The fourth-order valence-electron chi connectivity index (χ4n) is 2.78. The second-order valence-corrected chi connectivity index (χ2v) is 5.75. The van der Waals surface area contributed by atoms with E-state index in [0.29, 0.717) is 12.0 Å². The summed E-state index contributed by atoms with van der Waals surface area (Å²) >= 11 is 0. The molecule has 1 aromatic rings. The van der Waals surface area contributed by atoms with Crippen molar-refractivity contribution in [3.8, 4) is 0 Å². The minimum absolute atomic E-state index is 0.329. The minimum Gasteiger partial charge on any atom is -0.373 e. The monoisotopic (exact) mass is 278 g/mol. The summed E-state index contributed by atoms with van der Waals surface area (Å²) in [6.07, 6.45) is 2.39. The summed E-state index contributed by atoms with van der Waals surface area (Å²) < 4.78 is 0. The molecule has 1 aromatic heterocycles. The van der Waals surface area contributed by atoms with E-state index in [1.165, 1.54) is 12.8 Å². The first kappa shape index (κ1) is 14.8. The molecule has 6 heteroatoms. The highest BCUT2D eigenvalue weighted by atomic mass is 15.2. The molecule has 0 unspecified atom stereocenters. The second kappa shape index (κ2) is 6.26. The van der Waals surface area contributed by atoms with Gasteiger partial charge in [-0.1, -0.05) is 0 Å². The first-order valence-corrected chi connectivity index (χ1v) is 7.25. The Bertz CT molecular complexity index is 439. The average molecular weight is 278 g/mol. The third-order valence-electron chi connectivity index (χ3n) is 4.35. The summed E-state index contributed by atoms with van der Waals surface area (Å²) in [5.41, 5.74) is 5.76. The van der Waals surface area contributed by atoms with Crippen LogP contribution in [0.5, 0.6) is 0 Å². The average Bonchev–Trinajstić information content (AvgIpc) is 2.45. The van der Waals surface area contributed by atoms with E-state index in [9.17, 15) is 0 Å². The number of rotatable bonds is 4. The molecule has 1 saturated heterocycles. The molecule has 0 spiro atoms. The van der Waals surface area contributed by atoms with Crippen LogP contribution in [0.4, 0.5) is 17.6 Å². The number of nitrogens with two attached hydrogens (primary N) is 1. The van der Waals surface area contributed by atoms with Crippen molar-refractivity contribution in [3.63, 3.8) is 0 Å². The number of nitrogens with one attached hydrogen (secondary N) is 1. The van der Waals surface area contributed by atoms with Crippen LogP contribution < -0.4 is 16.0 Å². The molecule has 0 radical (unpaired) electrons. The third-order valence-corrected chi connectivity index (χ3v) is 4.35. The van der Waals surface area contributed by atoms with Crippen LogP contribution in [-0.2, 0) is 0 Å². The largest absolute Gasteiger partial charge is 0.373 e. The Balaban J connectivity index is 2.02. The standard InChI is InChI=1S/C14H26N6/c1-10(19(3)4)11-5-7-20(8-6-11)13-9-12(16-2)17-14(15)18-13/h9-11H,5-8H2,1-4H3,(H3,15,16,17,18)/t10-/m0/s1. The molecule has 3 N–H and O–H groups in total. The molecule has 0 aromatic carbocycles. The number of nitrogen functional groups attached to an aromatic ring is 1. The summed E-state index contributed by atoms with van der Waals surface area (Å²) in [5.74, 6) is 2.79. The fraction of sp³-hybridized carbons (Fsp3) is 0.714. The molecule has 1 atom stereocenters. The Labute approximate surface area is 121 Å². The van der Waals surface area contributed by atoms with Gasteiger partial charge in [-0.15, -0.1) is 0 Å². The summed E-state index contributed by atoms with van der Waals surface area (Å²) in [7, 11) is 6.15. The molecule has 1 fully saturated rings. The molecule has 0 aliphatic carbocycles. The van der Waals surface area contributed by atoms with E-state index in [1.54, 1.807) is 0 Å². The number of hydrogen-bond acceptors (Lipinski definition) is 6. The van der Waals surface area contributed by atoms with Crippen LogP contribution in [0.15, 0.2) is 6.07 Å². The number of piperidine rings is 1. The van der Waals surface area contributed by atoms with Crippen LogP contribution >= 0.6 is 0 Å². The zero-order valence-electron chi connectivity index (χ0n) is 12.9. The summed E-state index contributed by atoms with van der Waals surface area (Å²) in [4.78, 5) is 13.1. The molecular weight excluding hydrogens is 252 g/mol. The van der Waals surface area contributed by atoms with Crippen LogP contribution in [0, 0.1) is 5.92 Å². The molecular formula is C14H26N6. The number of anilines is 3. The van der Waals surface area contributed by atoms with Gasteiger partial charge in [0.05, 0.1) is 0 Å². The van der Waals surface area contributed by atoms with Crippen molar-refractivity contribution in [2.24, 2.45) is 5.92 Å². The lowest BCUT2D eigenvalue weighted by atomic mass is 9.90. The predicted molar refractivity (Wildman–Crippen MR) is 84.1 cm³/mol. The van der Waals surface area contributed by atoms with Gasteiger partial charge in [0.25, 0.3) is 0 Å². The molecule has 6 nitrogen and oxygen atoms in total. The van der Waals surface area contributed by atoms with Crippen molar-refractivity contribution in [2.75, 3.05) is 50.2 Å². The van der Waals surface area contributed by atoms with E-state index in [4.69, 9.17) is 5.73 Å².